The Morgan fingerprint density at radius 3 is 1.53 bits per heavy atom. The zero-order valence-corrected chi connectivity index (χ0v) is 28.7. The lowest BCUT2D eigenvalue weighted by Crippen LogP contribution is -2.15. The molecule has 10 aromatic carbocycles. The van der Waals surface area contributed by atoms with E-state index in [9.17, 15) is 0 Å². The first-order valence-corrected chi connectivity index (χ1v) is 18.0. The van der Waals surface area contributed by atoms with E-state index < -0.39 is 0 Å². The van der Waals surface area contributed by atoms with E-state index in [0.29, 0.717) is 0 Å². The predicted octanol–water partition coefficient (Wildman–Crippen LogP) is 14.2. The fraction of sp³-hybridized carbons (Fsp3) is 0.0588. The third-order valence-corrected chi connectivity index (χ3v) is 11.8. The van der Waals surface area contributed by atoms with Gasteiger partial charge in [-0.05, 0) is 121 Å². The molecule has 0 nitrogen and oxygen atoms in total. The molecule has 0 heterocycles. The molecule has 0 heteroatoms. The largest absolute Gasteiger partial charge is 0.0616 e. The van der Waals surface area contributed by atoms with Gasteiger partial charge in [-0.1, -0.05) is 172 Å². The van der Waals surface area contributed by atoms with Crippen LogP contribution in [0.1, 0.15) is 25.0 Å². The average molecular weight is 647 g/mol. The molecule has 0 fully saturated rings. The number of fused-ring (bicyclic) bond motifs is 12. The first-order chi connectivity index (χ1) is 25.1. The van der Waals surface area contributed by atoms with E-state index in [0.717, 1.165) is 0 Å². The van der Waals surface area contributed by atoms with Gasteiger partial charge in [0.1, 0.15) is 0 Å². The zero-order valence-electron chi connectivity index (χ0n) is 28.7. The summed E-state index contributed by atoms with van der Waals surface area (Å²) in [5.41, 5.74) is 10.6. The molecule has 238 valence electrons. The van der Waals surface area contributed by atoms with Gasteiger partial charge in [-0.3, -0.25) is 0 Å². The Morgan fingerprint density at radius 1 is 0.333 bits per heavy atom. The first-order valence-electron chi connectivity index (χ1n) is 18.0. The van der Waals surface area contributed by atoms with Crippen LogP contribution in [-0.2, 0) is 5.41 Å². The van der Waals surface area contributed by atoms with Gasteiger partial charge in [-0.15, -0.1) is 0 Å². The van der Waals surface area contributed by atoms with Crippen molar-refractivity contribution in [2.75, 3.05) is 0 Å². The number of rotatable bonds is 2. The molecule has 0 aromatic heterocycles. The van der Waals surface area contributed by atoms with Gasteiger partial charge >= 0.3 is 0 Å². The number of hydrogen-bond donors (Lipinski definition) is 0. The van der Waals surface area contributed by atoms with Crippen LogP contribution >= 0.6 is 0 Å². The highest BCUT2D eigenvalue weighted by molar-refractivity contribution is 6.28. The molecule has 0 atom stereocenters. The second-order valence-corrected chi connectivity index (χ2v) is 14.8. The van der Waals surface area contributed by atoms with E-state index in [2.05, 4.69) is 184 Å². The molecule has 0 aliphatic heterocycles. The van der Waals surface area contributed by atoms with Crippen molar-refractivity contribution in [1.82, 2.24) is 0 Å². The van der Waals surface area contributed by atoms with Gasteiger partial charge in [0.2, 0.25) is 0 Å². The topological polar surface area (TPSA) is 0 Å². The highest BCUT2D eigenvalue weighted by atomic mass is 14.4. The molecule has 0 radical (unpaired) electrons. The second kappa shape index (κ2) is 10.4. The van der Waals surface area contributed by atoms with Crippen molar-refractivity contribution in [3.8, 4) is 33.4 Å². The van der Waals surface area contributed by atoms with E-state index in [4.69, 9.17) is 0 Å². The normalized spacial score (nSPS) is 13.5. The van der Waals surface area contributed by atoms with Gasteiger partial charge in [0.05, 0.1) is 0 Å². The first kappa shape index (κ1) is 28.6. The summed E-state index contributed by atoms with van der Waals surface area (Å²) in [6.45, 7) is 4.78. The fourth-order valence-electron chi connectivity index (χ4n) is 9.59. The predicted molar refractivity (Wildman–Crippen MR) is 220 cm³/mol. The summed E-state index contributed by atoms with van der Waals surface area (Å²) in [7, 11) is 0. The van der Waals surface area contributed by atoms with Crippen LogP contribution < -0.4 is 0 Å². The molecule has 10 aromatic rings. The minimum atomic E-state index is -0.0828. The van der Waals surface area contributed by atoms with Crippen molar-refractivity contribution in [3.05, 3.63) is 181 Å². The van der Waals surface area contributed by atoms with E-state index in [-0.39, 0.29) is 5.41 Å². The molecule has 1 aliphatic rings. The Kier molecular flexibility index (Phi) is 5.82. The van der Waals surface area contributed by atoms with Crippen molar-refractivity contribution in [3.63, 3.8) is 0 Å². The van der Waals surface area contributed by atoms with Crippen LogP contribution in [0.3, 0.4) is 0 Å². The maximum Gasteiger partial charge on any atom is 0.0165 e. The molecule has 0 bridgehead atoms. The zero-order chi connectivity index (χ0) is 33.8. The Balaban J connectivity index is 1.22. The van der Waals surface area contributed by atoms with Crippen molar-refractivity contribution < 1.29 is 0 Å². The number of benzene rings is 10. The van der Waals surface area contributed by atoms with Crippen LogP contribution in [-0.4, -0.2) is 0 Å². The van der Waals surface area contributed by atoms with Crippen LogP contribution in [0.15, 0.2) is 170 Å². The SMILES string of the molecule is CC1(C)c2ccc(-c3c4ccccc4c(-c4cc5ccc6ccccc6c5c5ccccc45)c4ccccc34)cc2-c2ccc3ccccc3c21. The van der Waals surface area contributed by atoms with Crippen LogP contribution in [0.5, 0.6) is 0 Å². The monoisotopic (exact) mass is 646 g/mol. The van der Waals surface area contributed by atoms with Gasteiger partial charge in [-0.2, -0.15) is 0 Å². The van der Waals surface area contributed by atoms with Crippen molar-refractivity contribution in [2.45, 2.75) is 19.3 Å². The average Bonchev–Trinajstić information content (AvgIpc) is 3.42. The lowest BCUT2D eigenvalue weighted by atomic mass is 9.79. The summed E-state index contributed by atoms with van der Waals surface area (Å²) < 4.78 is 0. The lowest BCUT2D eigenvalue weighted by molar-refractivity contribution is 0.666. The lowest BCUT2D eigenvalue weighted by Gasteiger charge is -2.23. The Hall–Kier alpha value is -6.24. The standard InChI is InChI=1S/C51H34/c1-51(2)46-28-26-34(29-44(46)43-27-25-32-14-4-6-16-36(32)50(43)51)48-39-19-9-11-21-41(39)49(42-22-12-10-20-40(42)48)45-30-33-24-23-31-13-3-5-15-35(31)47(33)38-18-8-7-17-37(38)45/h3-30H,1-2H3. The summed E-state index contributed by atoms with van der Waals surface area (Å²) in [6, 6.07) is 63.6. The Morgan fingerprint density at radius 2 is 0.843 bits per heavy atom. The summed E-state index contributed by atoms with van der Waals surface area (Å²) in [5.74, 6) is 0. The minimum absolute atomic E-state index is 0.0828. The summed E-state index contributed by atoms with van der Waals surface area (Å²) in [6.07, 6.45) is 0. The molecule has 0 amide bonds. The fourth-order valence-corrected chi connectivity index (χ4v) is 9.59. The van der Waals surface area contributed by atoms with Crippen LogP contribution in [0.2, 0.25) is 0 Å². The van der Waals surface area contributed by atoms with E-state index in [1.165, 1.54) is 109 Å². The second-order valence-electron chi connectivity index (χ2n) is 14.8. The molecule has 0 unspecified atom stereocenters. The van der Waals surface area contributed by atoms with Gasteiger partial charge in [0.15, 0.2) is 0 Å². The van der Waals surface area contributed by atoms with E-state index in [1.807, 2.05) is 0 Å². The summed E-state index contributed by atoms with van der Waals surface area (Å²) in [5, 5.41) is 15.5. The molecule has 0 saturated carbocycles. The highest BCUT2D eigenvalue weighted by Gasteiger charge is 2.37. The summed E-state index contributed by atoms with van der Waals surface area (Å²) in [4.78, 5) is 0. The molecule has 0 saturated heterocycles. The van der Waals surface area contributed by atoms with Gasteiger partial charge in [0, 0.05) is 5.41 Å². The third kappa shape index (κ3) is 3.91. The van der Waals surface area contributed by atoms with Crippen LogP contribution in [0.4, 0.5) is 0 Å². The quantitative estimate of drug-likeness (QED) is 0.129. The molecule has 0 N–H and O–H groups in total. The Labute approximate surface area is 297 Å². The van der Waals surface area contributed by atoms with Gasteiger partial charge < -0.3 is 0 Å². The van der Waals surface area contributed by atoms with E-state index >= 15 is 0 Å². The maximum atomic E-state index is 2.47. The molecule has 51 heavy (non-hydrogen) atoms. The summed E-state index contributed by atoms with van der Waals surface area (Å²) >= 11 is 0. The van der Waals surface area contributed by atoms with Crippen LogP contribution in [0.25, 0.3) is 98.0 Å². The molecule has 0 spiro atoms. The molecule has 1 aliphatic carbocycles. The smallest absolute Gasteiger partial charge is 0.0165 e. The van der Waals surface area contributed by atoms with Crippen LogP contribution in [0, 0.1) is 0 Å². The van der Waals surface area contributed by atoms with E-state index in [1.54, 1.807) is 0 Å². The molecular weight excluding hydrogens is 613 g/mol. The number of hydrogen-bond acceptors (Lipinski definition) is 0. The van der Waals surface area contributed by atoms with Crippen molar-refractivity contribution in [1.29, 1.82) is 0 Å². The maximum absolute atomic E-state index is 2.47. The molecule has 11 rings (SSSR count). The third-order valence-electron chi connectivity index (χ3n) is 11.8. The molecular formula is C51H34. The van der Waals surface area contributed by atoms with Gasteiger partial charge in [0.25, 0.3) is 0 Å². The van der Waals surface area contributed by atoms with Gasteiger partial charge in [-0.25, -0.2) is 0 Å². The van der Waals surface area contributed by atoms with Crippen molar-refractivity contribution in [2.24, 2.45) is 0 Å². The highest BCUT2D eigenvalue weighted by Crippen LogP contribution is 2.53. The Bertz CT molecular complexity index is 3050. The van der Waals surface area contributed by atoms with Crippen molar-refractivity contribution >= 4 is 64.6 Å². The minimum Gasteiger partial charge on any atom is -0.0616 e.